The van der Waals surface area contributed by atoms with Gasteiger partial charge in [-0.2, -0.15) is 0 Å². The van der Waals surface area contributed by atoms with Crippen LogP contribution in [-0.4, -0.2) is 17.5 Å². The molecule has 3 atom stereocenters. The summed E-state index contributed by atoms with van der Waals surface area (Å²) in [7, 11) is 0. The van der Waals surface area contributed by atoms with Gasteiger partial charge in [0.25, 0.3) is 0 Å². The van der Waals surface area contributed by atoms with Crippen LogP contribution >= 0.6 is 0 Å². The summed E-state index contributed by atoms with van der Waals surface area (Å²) in [6, 6.07) is 22.1. The molecular weight excluding hydrogens is 444 g/mol. The highest BCUT2D eigenvalue weighted by Crippen LogP contribution is 2.79. The van der Waals surface area contributed by atoms with Gasteiger partial charge in [0.2, 0.25) is 0 Å². The molecule has 3 aromatic carbocycles. The lowest BCUT2D eigenvalue weighted by Crippen LogP contribution is -2.40. The van der Waals surface area contributed by atoms with Gasteiger partial charge in [-0.15, -0.1) is 0 Å². The van der Waals surface area contributed by atoms with Crippen molar-refractivity contribution in [2.24, 2.45) is 10.8 Å². The smallest absolute Gasteiger partial charge is 0.347 e. The second kappa shape index (κ2) is 7.09. The number of aryl methyl sites for hydroxylation is 1. The Morgan fingerprint density at radius 3 is 2.31 bits per heavy atom. The van der Waals surface area contributed by atoms with Gasteiger partial charge in [-0.3, -0.25) is 14.4 Å². The molecule has 1 aromatic heterocycles. The predicted octanol–water partition coefficient (Wildman–Crippen LogP) is 4.88. The first-order valence-corrected chi connectivity index (χ1v) is 11.3. The van der Waals surface area contributed by atoms with E-state index in [1.165, 1.54) is 6.07 Å². The summed E-state index contributed by atoms with van der Waals surface area (Å²) >= 11 is 0. The predicted molar refractivity (Wildman–Crippen MR) is 128 cm³/mol. The third-order valence-electron chi connectivity index (χ3n) is 7.53. The summed E-state index contributed by atoms with van der Waals surface area (Å²) in [6.07, 6.45) is 0. The summed E-state index contributed by atoms with van der Waals surface area (Å²) in [6.45, 7) is 3.52. The average Bonchev–Trinajstić information content (AvgIpc) is 3.46. The zero-order valence-corrected chi connectivity index (χ0v) is 19.0. The minimum Gasteiger partial charge on any atom is -0.425 e. The first-order valence-electron chi connectivity index (χ1n) is 11.3. The van der Waals surface area contributed by atoms with Crippen LogP contribution in [0.15, 0.2) is 88.1 Å². The number of hydrogen-bond acceptors (Lipinski definition) is 6. The van der Waals surface area contributed by atoms with E-state index >= 15 is 0 Å². The van der Waals surface area contributed by atoms with E-state index in [9.17, 15) is 19.2 Å². The van der Waals surface area contributed by atoms with Gasteiger partial charge in [0.05, 0.1) is 5.41 Å². The lowest BCUT2D eigenvalue weighted by atomic mass is 9.82. The maximum atomic E-state index is 14.1. The summed E-state index contributed by atoms with van der Waals surface area (Å²) in [5, 5.41) is 0.542. The van der Waals surface area contributed by atoms with Crippen molar-refractivity contribution in [1.29, 1.82) is 0 Å². The number of Topliss-reactive ketones (excluding diaryl/α,β-unsaturated/α-hetero) is 2. The van der Waals surface area contributed by atoms with Crippen LogP contribution in [0.5, 0.6) is 5.75 Å². The van der Waals surface area contributed by atoms with Crippen molar-refractivity contribution < 1.29 is 23.5 Å². The molecule has 0 spiro atoms. The van der Waals surface area contributed by atoms with E-state index in [0.29, 0.717) is 27.8 Å². The van der Waals surface area contributed by atoms with Gasteiger partial charge in [0, 0.05) is 22.4 Å². The molecule has 1 fully saturated rings. The minimum atomic E-state index is -1.87. The van der Waals surface area contributed by atoms with Crippen LogP contribution in [0.1, 0.15) is 44.7 Å². The maximum Gasteiger partial charge on any atom is 0.347 e. The highest BCUT2D eigenvalue weighted by Gasteiger charge is 2.87. The van der Waals surface area contributed by atoms with E-state index in [-0.39, 0.29) is 11.3 Å². The Bertz CT molecular complexity index is 1630. The summed E-state index contributed by atoms with van der Waals surface area (Å²) in [4.78, 5) is 54.6. The van der Waals surface area contributed by atoms with Crippen molar-refractivity contribution in [3.8, 4) is 5.75 Å². The molecule has 0 saturated heterocycles. The molecule has 6 rings (SSSR count). The Labute approximate surface area is 200 Å². The molecule has 6 nitrogen and oxygen atoms in total. The van der Waals surface area contributed by atoms with Crippen molar-refractivity contribution in [3.63, 3.8) is 0 Å². The lowest BCUT2D eigenvalue weighted by molar-refractivity contribution is -0.140. The molecule has 1 saturated carbocycles. The van der Waals surface area contributed by atoms with E-state index in [2.05, 4.69) is 0 Å². The average molecular weight is 464 g/mol. The van der Waals surface area contributed by atoms with Crippen LogP contribution in [0.25, 0.3) is 11.0 Å². The van der Waals surface area contributed by atoms with Gasteiger partial charge in [-0.1, -0.05) is 73.2 Å². The second-order valence-corrected chi connectivity index (χ2v) is 9.38. The first kappa shape index (κ1) is 21.2. The number of ketones is 2. The first-order chi connectivity index (χ1) is 16.8. The van der Waals surface area contributed by atoms with Crippen LogP contribution in [-0.2, 0) is 4.79 Å². The summed E-state index contributed by atoms with van der Waals surface area (Å²) in [5.74, 6) is -2.41. The molecule has 1 aliphatic carbocycles. The van der Waals surface area contributed by atoms with Crippen LogP contribution in [0.4, 0.5) is 0 Å². The minimum absolute atomic E-state index is 0.273. The Morgan fingerprint density at radius 1 is 0.857 bits per heavy atom. The van der Waals surface area contributed by atoms with Gasteiger partial charge < -0.3 is 9.15 Å². The van der Waals surface area contributed by atoms with Crippen molar-refractivity contribution in [1.82, 2.24) is 0 Å². The van der Waals surface area contributed by atoms with Gasteiger partial charge in [0.15, 0.2) is 17.0 Å². The number of hydrogen-bond donors (Lipinski definition) is 0. The number of carbonyl (C=O) groups is 3. The van der Waals surface area contributed by atoms with E-state index in [1.54, 1.807) is 79.7 Å². The fourth-order valence-electron chi connectivity index (χ4n) is 5.69. The zero-order chi connectivity index (χ0) is 24.5. The van der Waals surface area contributed by atoms with Crippen molar-refractivity contribution in [2.45, 2.75) is 19.8 Å². The summed E-state index contributed by atoms with van der Waals surface area (Å²) in [5.41, 5.74) is -2.17. The highest BCUT2D eigenvalue weighted by molar-refractivity contribution is 6.25. The van der Waals surface area contributed by atoms with Crippen LogP contribution in [0.3, 0.4) is 0 Å². The third-order valence-corrected chi connectivity index (χ3v) is 7.53. The summed E-state index contributed by atoms with van der Waals surface area (Å²) < 4.78 is 11.0. The van der Waals surface area contributed by atoms with Crippen LogP contribution < -0.4 is 10.4 Å². The molecule has 0 unspecified atom stereocenters. The van der Waals surface area contributed by atoms with Gasteiger partial charge in [-0.25, -0.2) is 4.79 Å². The van der Waals surface area contributed by atoms with Crippen molar-refractivity contribution in [2.75, 3.05) is 0 Å². The van der Waals surface area contributed by atoms with Gasteiger partial charge in [0.1, 0.15) is 16.9 Å². The van der Waals surface area contributed by atoms with Gasteiger partial charge >= 0.3 is 11.6 Å². The largest absolute Gasteiger partial charge is 0.425 e. The number of fused-ring (bicyclic) bond motifs is 4. The van der Waals surface area contributed by atoms with E-state index < -0.39 is 34.1 Å². The Kier molecular flexibility index (Phi) is 4.30. The van der Waals surface area contributed by atoms with Crippen LogP contribution in [0, 0.1) is 17.8 Å². The fourth-order valence-corrected chi connectivity index (χ4v) is 5.69. The normalized spacial score (nSPS) is 24.3. The highest BCUT2D eigenvalue weighted by atomic mass is 16.5. The number of benzene rings is 3. The zero-order valence-electron chi connectivity index (χ0n) is 19.0. The Hall–Kier alpha value is -4.32. The van der Waals surface area contributed by atoms with E-state index in [1.807, 2.05) is 6.92 Å². The molecule has 35 heavy (non-hydrogen) atoms. The molecule has 172 valence electrons. The maximum absolute atomic E-state index is 14.1. The van der Waals surface area contributed by atoms with Crippen molar-refractivity contribution in [3.05, 3.63) is 112 Å². The number of rotatable bonds is 4. The molecule has 0 bridgehead atoms. The molecular formula is C29H20O6. The molecule has 0 N–H and O–H groups in total. The quantitative estimate of drug-likeness (QED) is 0.141. The Morgan fingerprint density at radius 2 is 1.54 bits per heavy atom. The third kappa shape index (κ3) is 2.65. The standard InChI is InChI=1S/C29H20O6/c1-16-11-13-17(14-12-16)24(30)28(2)23-19-8-4-6-10-22(19)35-27(33)29(23,28)25(31)20-15-18-7-3-5-9-21(18)34-26(20)32/h3-15,23H,1-2H3/t23-,28+,29-/m1/s1. The van der Waals surface area contributed by atoms with Gasteiger partial charge in [-0.05, 0) is 25.1 Å². The number of para-hydroxylation sites is 2. The van der Waals surface area contributed by atoms with E-state index in [4.69, 9.17) is 9.15 Å². The topological polar surface area (TPSA) is 90.7 Å². The molecule has 1 aliphatic heterocycles. The fraction of sp³-hybridized carbons (Fsp3) is 0.172. The monoisotopic (exact) mass is 464 g/mol. The second-order valence-electron chi connectivity index (χ2n) is 9.38. The molecule has 0 amide bonds. The molecule has 4 aromatic rings. The molecule has 0 radical (unpaired) electrons. The lowest BCUT2D eigenvalue weighted by Gasteiger charge is -2.22. The SMILES string of the molecule is Cc1ccc(C(=O)[C@]2(C)[C@H]3c4ccccc4OC(=O)[C@]32C(=O)c2cc3ccccc3oc2=O)cc1. The molecule has 6 heteroatoms. The Balaban J connectivity index is 1.58. The number of ether oxygens (including phenoxy) is 1. The van der Waals surface area contributed by atoms with Crippen LogP contribution in [0.2, 0.25) is 0 Å². The number of carbonyl (C=O) groups excluding carboxylic acids is 3. The number of esters is 1. The van der Waals surface area contributed by atoms with Crippen molar-refractivity contribution >= 4 is 28.5 Å². The van der Waals surface area contributed by atoms with E-state index in [0.717, 1.165) is 5.56 Å². The molecule has 2 heterocycles. The molecule has 2 aliphatic rings.